The molecule has 3 rings (SSSR count). The first-order valence-corrected chi connectivity index (χ1v) is 9.35. The van der Waals surface area contributed by atoms with Crippen LogP contribution in [-0.4, -0.2) is 23.4 Å². The van der Waals surface area contributed by atoms with Crippen molar-refractivity contribution in [1.82, 2.24) is 10.3 Å². The summed E-state index contributed by atoms with van der Waals surface area (Å²) in [4.78, 5) is 28.0. The number of ether oxygens (including phenoxy) is 1. The van der Waals surface area contributed by atoms with Crippen molar-refractivity contribution in [3.05, 3.63) is 76.5 Å². The molecular weight excluding hydrogens is 381 g/mol. The van der Waals surface area contributed by atoms with Crippen molar-refractivity contribution in [2.45, 2.75) is 13.5 Å². The van der Waals surface area contributed by atoms with E-state index in [1.165, 1.54) is 35.1 Å². The third-order valence-corrected chi connectivity index (χ3v) is 4.55. The first kappa shape index (κ1) is 19.5. The van der Waals surface area contributed by atoms with E-state index < -0.39 is 17.7 Å². The Bertz CT molecular complexity index is 973. The highest BCUT2D eigenvalue weighted by molar-refractivity contribution is 7.13. The fourth-order valence-electron chi connectivity index (χ4n) is 2.29. The molecule has 28 heavy (non-hydrogen) atoms. The van der Waals surface area contributed by atoms with Crippen molar-refractivity contribution in [2.24, 2.45) is 0 Å². The minimum atomic E-state index is -0.673. The molecule has 144 valence electrons. The van der Waals surface area contributed by atoms with Crippen LogP contribution < -0.4 is 10.6 Å². The monoisotopic (exact) mass is 399 g/mol. The fraction of sp³-hybridized carbons (Fsp3) is 0.150. The van der Waals surface area contributed by atoms with Gasteiger partial charge in [0.2, 0.25) is 0 Å². The predicted molar refractivity (Wildman–Crippen MR) is 105 cm³/mol. The van der Waals surface area contributed by atoms with Crippen LogP contribution >= 0.6 is 11.3 Å². The quantitative estimate of drug-likeness (QED) is 0.591. The molecule has 1 amide bonds. The van der Waals surface area contributed by atoms with Gasteiger partial charge in [0.1, 0.15) is 19.0 Å². The van der Waals surface area contributed by atoms with Crippen LogP contribution in [0, 0.1) is 12.7 Å². The van der Waals surface area contributed by atoms with Crippen LogP contribution in [0.25, 0.3) is 0 Å². The molecule has 6 nitrogen and oxygen atoms in total. The zero-order valence-electron chi connectivity index (χ0n) is 15.1. The zero-order chi connectivity index (χ0) is 19.9. The number of rotatable bonds is 7. The van der Waals surface area contributed by atoms with Gasteiger partial charge in [-0.15, -0.1) is 11.3 Å². The van der Waals surface area contributed by atoms with Crippen molar-refractivity contribution in [3.8, 4) is 0 Å². The Morgan fingerprint density at radius 1 is 1.14 bits per heavy atom. The van der Waals surface area contributed by atoms with Gasteiger partial charge in [-0.25, -0.2) is 9.37 Å². The molecule has 0 radical (unpaired) electrons. The summed E-state index contributed by atoms with van der Waals surface area (Å²) in [7, 11) is 0. The standard InChI is InChI=1S/C20H18FN3O3S/c1-13-6-8-14(9-7-13)23-20-24-15(12-28-20)11-27-18(25)10-22-19(26)16-4-2-3-5-17(16)21/h2-9,12H,10-11H2,1H3,(H,22,26)(H,23,24). The topological polar surface area (TPSA) is 80.3 Å². The molecule has 0 aliphatic carbocycles. The van der Waals surface area contributed by atoms with Gasteiger partial charge in [0.25, 0.3) is 5.91 Å². The molecule has 0 aliphatic heterocycles. The Balaban J connectivity index is 1.45. The van der Waals surface area contributed by atoms with Crippen LogP contribution in [-0.2, 0) is 16.1 Å². The van der Waals surface area contributed by atoms with Gasteiger partial charge in [-0.1, -0.05) is 29.8 Å². The first-order valence-electron chi connectivity index (χ1n) is 8.48. The van der Waals surface area contributed by atoms with Crippen LogP contribution in [0.15, 0.2) is 53.9 Å². The number of thiazole rings is 1. The first-order chi connectivity index (χ1) is 13.5. The summed E-state index contributed by atoms with van der Waals surface area (Å²) in [5.41, 5.74) is 2.55. The number of esters is 1. The summed E-state index contributed by atoms with van der Waals surface area (Å²) in [6, 6.07) is 13.4. The summed E-state index contributed by atoms with van der Waals surface area (Å²) >= 11 is 1.39. The third kappa shape index (κ3) is 5.37. The number of benzene rings is 2. The molecule has 0 atom stereocenters. The van der Waals surface area contributed by atoms with Gasteiger partial charge < -0.3 is 15.4 Å². The van der Waals surface area contributed by atoms with Crippen molar-refractivity contribution < 1.29 is 18.7 Å². The van der Waals surface area contributed by atoms with Gasteiger partial charge >= 0.3 is 5.97 Å². The number of carbonyl (C=O) groups excluding carboxylic acids is 2. The molecule has 3 aromatic rings. The predicted octanol–water partition coefficient (Wildman–Crippen LogP) is 3.81. The molecule has 2 aromatic carbocycles. The average molecular weight is 399 g/mol. The number of aryl methyl sites for hydroxylation is 1. The van der Waals surface area contributed by atoms with E-state index >= 15 is 0 Å². The summed E-state index contributed by atoms with van der Waals surface area (Å²) < 4.78 is 18.6. The van der Waals surface area contributed by atoms with Crippen LogP contribution in [0.5, 0.6) is 0 Å². The second-order valence-electron chi connectivity index (χ2n) is 5.96. The second-order valence-corrected chi connectivity index (χ2v) is 6.82. The van der Waals surface area contributed by atoms with E-state index in [0.29, 0.717) is 10.8 Å². The highest BCUT2D eigenvalue weighted by Crippen LogP contribution is 2.21. The number of hydrogen-bond donors (Lipinski definition) is 2. The Morgan fingerprint density at radius 2 is 1.89 bits per heavy atom. The van der Waals surface area contributed by atoms with E-state index in [1.54, 1.807) is 11.4 Å². The summed E-state index contributed by atoms with van der Waals surface area (Å²) in [6.07, 6.45) is 0. The van der Waals surface area contributed by atoms with Gasteiger partial charge in [-0.05, 0) is 31.2 Å². The molecule has 1 heterocycles. The van der Waals surface area contributed by atoms with Gasteiger partial charge in [0.05, 0.1) is 11.3 Å². The zero-order valence-corrected chi connectivity index (χ0v) is 15.9. The number of hydrogen-bond acceptors (Lipinski definition) is 6. The number of amides is 1. The smallest absolute Gasteiger partial charge is 0.325 e. The summed E-state index contributed by atoms with van der Waals surface area (Å²) in [6.45, 7) is 1.64. The van der Waals surface area contributed by atoms with Gasteiger partial charge in [-0.3, -0.25) is 9.59 Å². The number of nitrogens with one attached hydrogen (secondary N) is 2. The summed E-state index contributed by atoms with van der Waals surface area (Å²) in [5.74, 6) is -1.96. The number of halogens is 1. The van der Waals surface area contributed by atoms with Crippen LogP contribution in [0.2, 0.25) is 0 Å². The molecule has 0 fully saturated rings. The largest absolute Gasteiger partial charge is 0.458 e. The SMILES string of the molecule is Cc1ccc(Nc2nc(COC(=O)CNC(=O)c3ccccc3F)cs2)cc1. The Morgan fingerprint density at radius 3 is 2.64 bits per heavy atom. The maximum Gasteiger partial charge on any atom is 0.325 e. The highest BCUT2D eigenvalue weighted by Gasteiger charge is 2.13. The van der Waals surface area contributed by atoms with Crippen molar-refractivity contribution in [1.29, 1.82) is 0 Å². The molecule has 8 heteroatoms. The number of aromatic nitrogens is 1. The van der Waals surface area contributed by atoms with Crippen molar-refractivity contribution in [3.63, 3.8) is 0 Å². The average Bonchev–Trinajstić information content (AvgIpc) is 3.14. The number of nitrogens with zero attached hydrogens (tertiary/aromatic N) is 1. The molecule has 0 saturated carbocycles. The van der Waals surface area contributed by atoms with Crippen LogP contribution in [0.3, 0.4) is 0 Å². The van der Waals surface area contributed by atoms with Gasteiger partial charge in [-0.2, -0.15) is 0 Å². The summed E-state index contributed by atoms with van der Waals surface area (Å²) in [5, 5.41) is 7.97. The van der Waals surface area contributed by atoms with E-state index in [9.17, 15) is 14.0 Å². The minimum absolute atomic E-state index is 0.0134. The molecule has 1 aromatic heterocycles. The van der Waals surface area contributed by atoms with E-state index in [0.717, 1.165) is 5.69 Å². The lowest BCUT2D eigenvalue weighted by atomic mass is 10.2. The lowest BCUT2D eigenvalue weighted by molar-refractivity contribution is -0.143. The van der Waals surface area contributed by atoms with Crippen LogP contribution in [0.1, 0.15) is 21.6 Å². The van der Waals surface area contributed by atoms with E-state index in [-0.39, 0.29) is 18.7 Å². The fourth-order valence-corrected chi connectivity index (χ4v) is 3.00. The van der Waals surface area contributed by atoms with E-state index in [1.807, 2.05) is 31.2 Å². The molecule has 0 bridgehead atoms. The van der Waals surface area contributed by atoms with Crippen molar-refractivity contribution >= 4 is 34.0 Å². The van der Waals surface area contributed by atoms with Crippen molar-refractivity contribution in [2.75, 3.05) is 11.9 Å². The number of carbonyl (C=O) groups is 2. The molecule has 0 unspecified atom stereocenters. The maximum absolute atomic E-state index is 13.5. The molecule has 0 saturated heterocycles. The molecule has 0 spiro atoms. The Kier molecular flexibility index (Phi) is 6.33. The lowest BCUT2D eigenvalue weighted by Gasteiger charge is -2.06. The van der Waals surface area contributed by atoms with Gasteiger partial charge in [0.15, 0.2) is 5.13 Å². The second kappa shape index (κ2) is 9.09. The minimum Gasteiger partial charge on any atom is -0.458 e. The number of anilines is 2. The Hall–Kier alpha value is -3.26. The van der Waals surface area contributed by atoms with Gasteiger partial charge in [0, 0.05) is 11.1 Å². The normalized spacial score (nSPS) is 10.4. The highest BCUT2D eigenvalue weighted by atomic mass is 32.1. The Labute approximate surface area is 165 Å². The third-order valence-electron chi connectivity index (χ3n) is 3.75. The molecule has 2 N–H and O–H groups in total. The lowest BCUT2D eigenvalue weighted by Crippen LogP contribution is -2.31. The van der Waals surface area contributed by atoms with E-state index in [2.05, 4.69) is 15.6 Å². The molecule has 0 aliphatic rings. The maximum atomic E-state index is 13.5. The van der Waals surface area contributed by atoms with Crippen LogP contribution in [0.4, 0.5) is 15.2 Å². The molecular formula is C20H18FN3O3S. The van der Waals surface area contributed by atoms with E-state index in [4.69, 9.17) is 4.74 Å².